The average Bonchev–Trinajstić information content (AvgIpc) is 4.13. The molecule has 2 amide bonds. The Morgan fingerprint density at radius 2 is 1.63 bits per heavy atom. The van der Waals surface area contributed by atoms with Gasteiger partial charge in [0.2, 0.25) is 15.9 Å². The molecule has 2 aliphatic heterocycles. The van der Waals surface area contributed by atoms with E-state index in [4.69, 9.17) is 4.74 Å². The number of amides is 2. The number of hydrogen-bond acceptors (Lipinski definition) is 6. The number of carbonyl (C=O) groups is 2. The van der Waals surface area contributed by atoms with Crippen LogP contribution in [-0.2, 0) is 27.9 Å². The Morgan fingerprint density at radius 1 is 0.870 bits per heavy atom. The Bertz CT molecular complexity index is 2150. The van der Waals surface area contributed by atoms with Gasteiger partial charge in [0.15, 0.2) is 0 Å². The molecule has 2 saturated heterocycles. The van der Waals surface area contributed by atoms with E-state index in [1.807, 2.05) is 24.3 Å². The molecule has 3 heterocycles. The normalized spacial score (nSPS) is 22.9. The predicted molar refractivity (Wildman–Crippen MR) is 211 cm³/mol. The molecule has 54 heavy (non-hydrogen) atoms. The third-order valence-corrected chi connectivity index (χ3v) is 14.9. The first kappa shape index (κ1) is 35.5. The van der Waals surface area contributed by atoms with Crippen LogP contribution in [0.4, 0.5) is 0 Å². The maximum absolute atomic E-state index is 15.0. The van der Waals surface area contributed by atoms with Crippen molar-refractivity contribution in [2.45, 2.75) is 101 Å². The van der Waals surface area contributed by atoms with Crippen LogP contribution in [0.15, 0.2) is 72.8 Å². The van der Waals surface area contributed by atoms with Gasteiger partial charge in [-0.15, -0.1) is 0 Å². The minimum atomic E-state index is -3.71. The first-order valence-electron chi connectivity index (χ1n) is 20.2. The molecule has 0 bridgehead atoms. The zero-order valence-corrected chi connectivity index (χ0v) is 32.2. The standard InChI is InChI=1S/C44H52N4O5S/c1-53-35-17-14-32(15-18-35)41-40(31-11-6-3-7-12-31)37-21-16-33(42(49)45-54(51,52)36-19-20-36)25-38(37)48(41)29-44(22-23-44)43(50)47-24-8-13-34-27-46(28-39(34)47)26-30-9-4-2-5-10-30/h2,4-5,9-10,14-18,21,25,31,34,36,39H,3,6-8,11-13,19-20,22-24,26-29H2,1H3,(H,45,49)/t34-,39+/m0/s1. The summed E-state index contributed by atoms with van der Waals surface area (Å²) in [5.41, 5.74) is 5.44. The highest BCUT2D eigenvalue weighted by Crippen LogP contribution is 2.53. The molecule has 9 nitrogen and oxygen atoms in total. The monoisotopic (exact) mass is 748 g/mol. The molecule has 4 aromatic rings. The summed E-state index contributed by atoms with van der Waals surface area (Å²) in [6.45, 7) is 4.14. The van der Waals surface area contributed by atoms with E-state index in [1.54, 1.807) is 13.2 Å². The van der Waals surface area contributed by atoms with Crippen LogP contribution in [0.25, 0.3) is 22.2 Å². The van der Waals surface area contributed by atoms with Gasteiger partial charge in [-0.3, -0.25) is 14.5 Å². The highest BCUT2D eigenvalue weighted by atomic mass is 32.2. The van der Waals surface area contributed by atoms with Crippen molar-refractivity contribution in [3.8, 4) is 17.0 Å². The average molecular weight is 749 g/mol. The predicted octanol–water partition coefficient (Wildman–Crippen LogP) is 7.49. The summed E-state index contributed by atoms with van der Waals surface area (Å²) in [5.74, 6) is 1.28. The van der Waals surface area contributed by atoms with Gasteiger partial charge in [0.25, 0.3) is 5.91 Å². The molecule has 3 saturated carbocycles. The Labute approximate surface area is 319 Å². The lowest BCUT2D eigenvalue weighted by atomic mass is 9.81. The summed E-state index contributed by atoms with van der Waals surface area (Å²) >= 11 is 0. The second kappa shape index (κ2) is 14.2. The second-order valence-corrected chi connectivity index (χ2v) is 18.7. The molecule has 9 rings (SSSR count). The zero-order valence-electron chi connectivity index (χ0n) is 31.3. The van der Waals surface area contributed by atoms with E-state index in [9.17, 15) is 13.2 Å². The first-order chi connectivity index (χ1) is 26.2. The molecule has 5 aliphatic rings. The van der Waals surface area contributed by atoms with Crippen LogP contribution in [-0.4, -0.2) is 72.6 Å². The van der Waals surface area contributed by atoms with E-state index in [0.717, 1.165) is 92.6 Å². The summed E-state index contributed by atoms with van der Waals surface area (Å²) in [7, 11) is -2.04. The minimum absolute atomic E-state index is 0.219. The highest BCUT2D eigenvalue weighted by Gasteiger charge is 2.55. The maximum Gasteiger partial charge on any atom is 0.264 e. The fourth-order valence-corrected chi connectivity index (χ4v) is 11.2. The van der Waals surface area contributed by atoms with E-state index >= 15 is 4.79 Å². The number of aromatic nitrogens is 1. The third-order valence-electron chi connectivity index (χ3n) is 13.1. The van der Waals surface area contributed by atoms with E-state index < -0.39 is 26.6 Å². The smallest absolute Gasteiger partial charge is 0.264 e. The lowest BCUT2D eigenvalue weighted by Gasteiger charge is -2.39. The Hall–Kier alpha value is -4.15. The summed E-state index contributed by atoms with van der Waals surface area (Å²) < 4.78 is 35.9. The Morgan fingerprint density at radius 3 is 2.33 bits per heavy atom. The van der Waals surface area contributed by atoms with E-state index in [2.05, 4.69) is 61.6 Å². The molecule has 5 fully saturated rings. The Balaban J connectivity index is 1.10. The van der Waals surface area contributed by atoms with Gasteiger partial charge in [0.05, 0.1) is 23.5 Å². The van der Waals surface area contributed by atoms with Gasteiger partial charge in [0, 0.05) is 55.2 Å². The largest absolute Gasteiger partial charge is 0.497 e. The number of nitrogens with one attached hydrogen (secondary N) is 1. The molecular formula is C44H52N4O5S. The summed E-state index contributed by atoms with van der Waals surface area (Å²) in [6.07, 6.45) is 10.7. The van der Waals surface area contributed by atoms with Crippen LogP contribution in [0, 0.1) is 11.3 Å². The number of ether oxygens (including phenoxy) is 1. The molecule has 1 aromatic heterocycles. The van der Waals surface area contributed by atoms with Crippen molar-refractivity contribution in [2.75, 3.05) is 26.7 Å². The second-order valence-electron chi connectivity index (χ2n) is 16.7. The molecule has 2 atom stereocenters. The zero-order chi connectivity index (χ0) is 37.0. The van der Waals surface area contributed by atoms with Gasteiger partial charge in [-0.05, 0) is 116 Å². The summed E-state index contributed by atoms with van der Waals surface area (Å²) in [4.78, 5) is 33.4. The number of benzene rings is 3. The van der Waals surface area contributed by atoms with Crippen LogP contribution >= 0.6 is 0 Å². The van der Waals surface area contributed by atoms with Gasteiger partial charge < -0.3 is 14.2 Å². The SMILES string of the molecule is COc1ccc(-c2c(C3CCCCC3)c3ccc(C(=O)NS(=O)(=O)C4CC4)cc3n2CC2(C(=O)N3CCC[C@H]4CN(Cc5ccccc5)C[C@H]43)CC2)cc1. The van der Waals surface area contributed by atoms with Crippen molar-refractivity contribution in [1.82, 2.24) is 19.1 Å². The first-order valence-corrected chi connectivity index (χ1v) is 21.7. The van der Waals surface area contributed by atoms with Crippen LogP contribution < -0.4 is 9.46 Å². The number of likely N-dealkylation sites (tertiary alicyclic amines) is 2. The van der Waals surface area contributed by atoms with Crippen LogP contribution in [0.2, 0.25) is 0 Å². The molecule has 3 aliphatic carbocycles. The third kappa shape index (κ3) is 6.74. The molecule has 10 heteroatoms. The fourth-order valence-electron chi connectivity index (χ4n) is 9.88. The van der Waals surface area contributed by atoms with Crippen molar-refractivity contribution in [2.24, 2.45) is 11.3 Å². The quantitative estimate of drug-likeness (QED) is 0.171. The lowest BCUT2D eigenvalue weighted by Crippen LogP contribution is -2.51. The van der Waals surface area contributed by atoms with Crippen LogP contribution in [0.1, 0.15) is 98.0 Å². The van der Waals surface area contributed by atoms with Crippen molar-refractivity contribution in [1.29, 1.82) is 0 Å². The number of piperidine rings is 1. The fraction of sp³-hybridized carbons (Fsp3) is 0.500. The molecular weight excluding hydrogens is 697 g/mol. The van der Waals surface area contributed by atoms with E-state index in [-0.39, 0.29) is 11.9 Å². The lowest BCUT2D eigenvalue weighted by molar-refractivity contribution is -0.142. The molecule has 0 spiro atoms. The molecule has 3 aromatic carbocycles. The number of rotatable bonds is 11. The maximum atomic E-state index is 15.0. The number of fused-ring (bicyclic) bond motifs is 2. The van der Waals surface area contributed by atoms with Crippen LogP contribution in [0.3, 0.4) is 0 Å². The topological polar surface area (TPSA) is 101 Å². The number of hydrogen-bond donors (Lipinski definition) is 1. The minimum Gasteiger partial charge on any atom is -0.497 e. The summed E-state index contributed by atoms with van der Waals surface area (Å²) in [5, 5.41) is 0.594. The van der Waals surface area contributed by atoms with Gasteiger partial charge in [-0.2, -0.15) is 0 Å². The molecule has 1 N–H and O–H groups in total. The van der Waals surface area contributed by atoms with Gasteiger partial charge in [0.1, 0.15) is 5.75 Å². The number of sulfonamides is 1. The van der Waals surface area contributed by atoms with Crippen molar-refractivity contribution < 1.29 is 22.7 Å². The Kier molecular flexibility index (Phi) is 9.33. The van der Waals surface area contributed by atoms with E-state index in [0.29, 0.717) is 36.8 Å². The van der Waals surface area contributed by atoms with Crippen molar-refractivity contribution in [3.05, 3.63) is 89.5 Å². The van der Waals surface area contributed by atoms with Crippen molar-refractivity contribution >= 4 is 32.7 Å². The highest BCUT2D eigenvalue weighted by molar-refractivity contribution is 7.91. The molecule has 0 unspecified atom stereocenters. The van der Waals surface area contributed by atoms with Crippen LogP contribution in [0.5, 0.6) is 5.75 Å². The molecule has 284 valence electrons. The van der Waals surface area contributed by atoms with Gasteiger partial charge in [-0.1, -0.05) is 55.7 Å². The van der Waals surface area contributed by atoms with Crippen molar-refractivity contribution in [3.63, 3.8) is 0 Å². The number of carbonyl (C=O) groups excluding carboxylic acids is 2. The summed E-state index contributed by atoms with van der Waals surface area (Å²) in [6, 6.07) is 24.8. The van der Waals surface area contributed by atoms with Gasteiger partial charge in [-0.25, -0.2) is 13.1 Å². The van der Waals surface area contributed by atoms with E-state index in [1.165, 1.54) is 30.4 Å². The number of methoxy groups -OCH3 is 1. The molecule has 0 radical (unpaired) electrons. The number of nitrogens with zero attached hydrogens (tertiary/aromatic N) is 3. The van der Waals surface area contributed by atoms with Gasteiger partial charge >= 0.3 is 0 Å².